The molecule has 0 radical (unpaired) electrons. The molecule has 3 rings (SSSR count). The zero-order valence-corrected chi connectivity index (χ0v) is 18.4. The molecule has 2 aliphatic rings. The van der Waals surface area contributed by atoms with Gasteiger partial charge in [0.1, 0.15) is 0 Å². The van der Waals surface area contributed by atoms with Gasteiger partial charge in [-0.05, 0) is 11.1 Å². The van der Waals surface area contributed by atoms with Gasteiger partial charge in [0.15, 0.2) is 0 Å². The van der Waals surface area contributed by atoms with Crippen LogP contribution >= 0.6 is 0 Å². The van der Waals surface area contributed by atoms with Crippen LogP contribution in [0.2, 0.25) is 0 Å². The standard InChI is InChI=1S/C20H14F6N2O4S2/c21-19(22,23)33(29,30)27-17-11-5-3-9-15(17)13-7-1-2-8-14(13)16-10-4-6-12-18(16)28-34(31,32)20(24,25)26/h1-10H,11-12H2. The van der Waals surface area contributed by atoms with Gasteiger partial charge in [0, 0.05) is 24.0 Å². The molecule has 0 atom stereocenters. The molecule has 0 fully saturated rings. The molecule has 0 heterocycles. The Morgan fingerprint density at radius 3 is 1.32 bits per heavy atom. The second kappa shape index (κ2) is 8.98. The minimum absolute atomic E-state index is 0.0283. The number of rotatable bonds is 4. The van der Waals surface area contributed by atoms with E-state index in [9.17, 15) is 43.2 Å². The molecular weight excluding hydrogens is 510 g/mol. The van der Waals surface area contributed by atoms with Crippen molar-refractivity contribution in [3.63, 3.8) is 0 Å². The van der Waals surface area contributed by atoms with Crippen molar-refractivity contribution in [1.82, 2.24) is 0 Å². The lowest BCUT2D eigenvalue weighted by molar-refractivity contribution is -0.0441. The number of hydrogen-bond donors (Lipinski definition) is 0. The van der Waals surface area contributed by atoms with E-state index in [2.05, 4.69) is 8.80 Å². The maximum atomic E-state index is 12.9. The molecule has 34 heavy (non-hydrogen) atoms. The van der Waals surface area contributed by atoms with Crippen molar-refractivity contribution in [2.75, 3.05) is 0 Å². The highest BCUT2D eigenvalue weighted by atomic mass is 32.2. The van der Waals surface area contributed by atoms with E-state index in [4.69, 9.17) is 0 Å². The molecule has 0 unspecified atom stereocenters. The fraction of sp³-hybridized carbons (Fsp3) is 0.200. The lowest BCUT2D eigenvalue weighted by Crippen LogP contribution is -2.23. The van der Waals surface area contributed by atoms with E-state index in [1.54, 1.807) is 0 Å². The molecule has 2 aliphatic carbocycles. The maximum Gasteiger partial charge on any atom is 0.518 e. The van der Waals surface area contributed by atoms with Crippen LogP contribution in [-0.4, -0.2) is 39.3 Å². The van der Waals surface area contributed by atoms with E-state index < -0.39 is 42.5 Å². The Morgan fingerprint density at radius 1 is 0.647 bits per heavy atom. The van der Waals surface area contributed by atoms with Gasteiger partial charge in [-0.3, -0.25) is 0 Å². The Balaban J connectivity index is 2.18. The Hall–Kier alpha value is -3.00. The van der Waals surface area contributed by atoms with E-state index in [1.165, 1.54) is 60.7 Å². The van der Waals surface area contributed by atoms with Crippen LogP contribution in [0, 0.1) is 0 Å². The molecule has 14 heteroatoms. The van der Waals surface area contributed by atoms with Crippen LogP contribution in [-0.2, 0) is 20.0 Å². The van der Waals surface area contributed by atoms with Crippen molar-refractivity contribution < 1.29 is 43.2 Å². The number of sulfonamides is 2. The molecule has 0 N–H and O–H groups in total. The second-order valence-electron chi connectivity index (χ2n) is 6.89. The molecule has 1 aromatic rings. The highest BCUT2D eigenvalue weighted by molar-refractivity contribution is 7.91. The number of halogens is 6. The summed E-state index contributed by atoms with van der Waals surface area (Å²) in [5, 5.41) is 0. The van der Waals surface area contributed by atoms with Crippen LogP contribution < -0.4 is 0 Å². The predicted octanol–water partition coefficient (Wildman–Crippen LogP) is 4.95. The van der Waals surface area contributed by atoms with Crippen molar-refractivity contribution in [3.05, 3.63) is 71.8 Å². The fourth-order valence-corrected chi connectivity index (χ4v) is 4.24. The predicted molar refractivity (Wildman–Crippen MR) is 115 cm³/mol. The van der Waals surface area contributed by atoms with E-state index in [-0.39, 0.29) is 35.1 Å². The average molecular weight is 524 g/mol. The third-order valence-electron chi connectivity index (χ3n) is 4.60. The molecular formula is C20H14F6N2O4S2. The molecule has 0 spiro atoms. The van der Waals surface area contributed by atoms with Crippen molar-refractivity contribution in [2.45, 2.75) is 23.9 Å². The summed E-state index contributed by atoms with van der Waals surface area (Å²) in [6.45, 7) is 0. The third-order valence-corrected chi connectivity index (χ3v) is 6.69. The molecule has 0 aliphatic heterocycles. The van der Waals surface area contributed by atoms with Crippen LogP contribution in [0.15, 0.2) is 69.5 Å². The molecule has 182 valence electrons. The molecule has 6 nitrogen and oxygen atoms in total. The summed E-state index contributed by atoms with van der Waals surface area (Å²) in [5.41, 5.74) is -12.0. The summed E-state index contributed by atoms with van der Waals surface area (Å²) in [5.74, 6) is 0. The van der Waals surface area contributed by atoms with Gasteiger partial charge in [0.2, 0.25) is 0 Å². The molecule has 1 aromatic carbocycles. The number of benzene rings is 1. The molecule has 0 bridgehead atoms. The smallest absolute Gasteiger partial charge is 0.195 e. The number of nitrogens with zero attached hydrogens (tertiary/aromatic N) is 2. The Bertz CT molecular complexity index is 1290. The first-order valence-electron chi connectivity index (χ1n) is 9.28. The van der Waals surface area contributed by atoms with E-state index in [0.717, 1.165) is 0 Å². The average Bonchev–Trinajstić information content (AvgIpc) is 2.72. The summed E-state index contributed by atoms with van der Waals surface area (Å²) >= 11 is 0. The normalized spacial score (nSPS) is 19.9. The second-order valence-corrected chi connectivity index (χ2v) is 10.1. The Morgan fingerprint density at radius 2 is 1.00 bits per heavy atom. The van der Waals surface area contributed by atoms with Crippen LogP contribution in [0.3, 0.4) is 0 Å². The monoisotopic (exact) mass is 524 g/mol. The van der Waals surface area contributed by atoms with Crippen LogP contribution in [0.1, 0.15) is 24.0 Å². The van der Waals surface area contributed by atoms with Gasteiger partial charge in [-0.25, -0.2) is 0 Å². The van der Waals surface area contributed by atoms with Gasteiger partial charge in [-0.2, -0.15) is 52.0 Å². The Labute approximate surface area is 190 Å². The van der Waals surface area contributed by atoms with Gasteiger partial charge in [0.25, 0.3) is 0 Å². The van der Waals surface area contributed by atoms with Crippen LogP contribution in [0.5, 0.6) is 0 Å². The van der Waals surface area contributed by atoms with Crippen molar-refractivity contribution >= 4 is 42.6 Å². The van der Waals surface area contributed by atoms with E-state index in [1.807, 2.05) is 0 Å². The van der Waals surface area contributed by atoms with Crippen molar-refractivity contribution in [2.24, 2.45) is 8.80 Å². The maximum absolute atomic E-state index is 12.9. The third kappa shape index (κ3) is 5.22. The van der Waals surface area contributed by atoms with Gasteiger partial charge in [0.05, 0.1) is 11.4 Å². The summed E-state index contributed by atoms with van der Waals surface area (Å²) in [7, 11) is -11.7. The lowest BCUT2D eigenvalue weighted by Gasteiger charge is -2.20. The summed E-state index contributed by atoms with van der Waals surface area (Å²) < 4.78 is 130. The number of hydrogen-bond acceptors (Lipinski definition) is 4. The zero-order valence-electron chi connectivity index (χ0n) is 16.8. The molecule has 0 saturated carbocycles. The lowest BCUT2D eigenvalue weighted by atomic mass is 9.86. The topological polar surface area (TPSA) is 93.0 Å². The largest absolute Gasteiger partial charge is 0.518 e. The van der Waals surface area contributed by atoms with E-state index in [0.29, 0.717) is 0 Å². The molecule has 0 aromatic heterocycles. The van der Waals surface area contributed by atoms with Crippen LogP contribution in [0.4, 0.5) is 26.3 Å². The Kier molecular flexibility index (Phi) is 6.77. The number of allylic oxidation sites excluding steroid dienone is 8. The summed E-state index contributed by atoms with van der Waals surface area (Å²) in [6.07, 6.45) is 7.72. The first-order valence-corrected chi connectivity index (χ1v) is 12.2. The minimum Gasteiger partial charge on any atom is -0.195 e. The highest BCUT2D eigenvalue weighted by Crippen LogP contribution is 2.35. The zero-order chi connectivity index (χ0) is 25.4. The van der Waals surface area contributed by atoms with Crippen LogP contribution in [0.25, 0.3) is 11.1 Å². The van der Waals surface area contributed by atoms with E-state index >= 15 is 0 Å². The van der Waals surface area contributed by atoms with Gasteiger partial charge >= 0.3 is 31.1 Å². The SMILES string of the molecule is O=S(=O)(N=C1CC=CC=C1c1ccccc1C1=CC=CCC1=NS(=O)(=O)C(F)(F)F)C(F)(F)F. The van der Waals surface area contributed by atoms with Crippen molar-refractivity contribution in [3.8, 4) is 0 Å². The molecule has 0 saturated heterocycles. The van der Waals surface area contributed by atoms with Gasteiger partial charge < -0.3 is 0 Å². The quantitative estimate of drug-likeness (QED) is 0.521. The van der Waals surface area contributed by atoms with Gasteiger partial charge in [-0.1, -0.05) is 60.7 Å². The summed E-state index contributed by atoms with van der Waals surface area (Å²) in [4.78, 5) is 0. The van der Waals surface area contributed by atoms with Crippen molar-refractivity contribution in [1.29, 1.82) is 0 Å². The van der Waals surface area contributed by atoms with Gasteiger partial charge in [-0.15, -0.1) is 0 Å². The first-order chi connectivity index (χ1) is 15.6. The molecule has 0 amide bonds. The minimum atomic E-state index is -5.87. The fourth-order valence-electron chi connectivity index (χ4n) is 3.11. The highest BCUT2D eigenvalue weighted by Gasteiger charge is 2.47. The summed E-state index contributed by atoms with van der Waals surface area (Å²) in [6, 6.07) is 5.73. The first kappa shape index (κ1) is 25.6. The number of alkyl halides is 6.